The van der Waals surface area contributed by atoms with Crippen LogP contribution in [0.3, 0.4) is 0 Å². The number of thiazole rings is 1. The van der Waals surface area contributed by atoms with Gasteiger partial charge in [-0.05, 0) is 12.1 Å². The van der Waals surface area contributed by atoms with Gasteiger partial charge in [0.2, 0.25) is 0 Å². The standard InChI is InChI=1S/C12H12N4S2/c1-8(2)11-13-7-16(15-11)18-12-14-9-5-3-4-6-10(9)17-12/h3-8H,1-2H3. The Balaban J connectivity index is 1.86. The average Bonchev–Trinajstić information content (AvgIpc) is 2.94. The Bertz CT molecular complexity index is 638. The van der Waals surface area contributed by atoms with E-state index in [-0.39, 0.29) is 0 Å². The SMILES string of the molecule is CC(C)c1ncn(Sc2nc3ccccc3s2)n1. The number of nitrogens with zero attached hydrogens (tertiary/aromatic N) is 4. The van der Waals surface area contributed by atoms with Crippen molar-refractivity contribution < 1.29 is 0 Å². The number of aromatic nitrogens is 4. The first kappa shape index (κ1) is 11.7. The van der Waals surface area contributed by atoms with Crippen LogP contribution in [0, 0.1) is 0 Å². The van der Waals surface area contributed by atoms with E-state index in [4.69, 9.17) is 0 Å². The molecule has 4 nitrogen and oxygen atoms in total. The van der Waals surface area contributed by atoms with Crippen LogP contribution in [0.25, 0.3) is 10.2 Å². The van der Waals surface area contributed by atoms with Crippen LogP contribution >= 0.6 is 23.3 Å². The van der Waals surface area contributed by atoms with Crippen LogP contribution in [0.5, 0.6) is 0 Å². The zero-order chi connectivity index (χ0) is 12.5. The molecule has 0 bridgehead atoms. The summed E-state index contributed by atoms with van der Waals surface area (Å²) in [4.78, 5) is 8.83. The van der Waals surface area contributed by atoms with Crippen molar-refractivity contribution in [3.05, 3.63) is 36.4 Å². The molecule has 0 fully saturated rings. The van der Waals surface area contributed by atoms with Crippen LogP contribution in [0.4, 0.5) is 0 Å². The Morgan fingerprint density at radius 2 is 2.11 bits per heavy atom. The molecule has 3 rings (SSSR count). The number of benzene rings is 1. The van der Waals surface area contributed by atoms with E-state index in [1.807, 2.05) is 18.2 Å². The highest BCUT2D eigenvalue weighted by molar-refractivity contribution is 7.99. The van der Waals surface area contributed by atoms with Gasteiger partial charge < -0.3 is 0 Å². The third kappa shape index (κ3) is 2.26. The number of para-hydroxylation sites is 1. The number of hydrogen-bond donors (Lipinski definition) is 0. The lowest BCUT2D eigenvalue weighted by atomic mass is 10.2. The molecule has 92 valence electrons. The minimum absolute atomic E-state index is 0.349. The lowest BCUT2D eigenvalue weighted by Crippen LogP contribution is -1.92. The third-order valence-electron chi connectivity index (χ3n) is 2.45. The summed E-state index contributed by atoms with van der Waals surface area (Å²) in [6.45, 7) is 4.17. The maximum atomic E-state index is 4.55. The first-order chi connectivity index (χ1) is 8.72. The zero-order valence-corrected chi connectivity index (χ0v) is 11.7. The Labute approximate surface area is 113 Å². The molecular formula is C12H12N4S2. The summed E-state index contributed by atoms with van der Waals surface area (Å²) < 4.78 is 3.95. The van der Waals surface area contributed by atoms with Gasteiger partial charge in [-0.3, -0.25) is 0 Å². The molecule has 0 atom stereocenters. The van der Waals surface area contributed by atoms with Gasteiger partial charge in [0, 0.05) is 17.9 Å². The molecule has 1 aromatic carbocycles. The number of hydrogen-bond acceptors (Lipinski definition) is 5. The van der Waals surface area contributed by atoms with Gasteiger partial charge in [-0.15, -0.1) is 16.4 Å². The van der Waals surface area contributed by atoms with Gasteiger partial charge in [-0.1, -0.05) is 26.0 Å². The lowest BCUT2D eigenvalue weighted by molar-refractivity contribution is 0.774. The van der Waals surface area contributed by atoms with E-state index in [2.05, 4.69) is 35.0 Å². The smallest absolute Gasteiger partial charge is 0.173 e. The number of fused-ring (bicyclic) bond motifs is 1. The van der Waals surface area contributed by atoms with Crippen LogP contribution in [0.1, 0.15) is 25.6 Å². The van der Waals surface area contributed by atoms with Gasteiger partial charge in [0.1, 0.15) is 6.33 Å². The van der Waals surface area contributed by atoms with Gasteiger partial charge in [0.15, 0.2) is 10.2 Å². The Kier molecular flexibility index (Phi) is 3.05. The van der Waals surface area contributed by atoms with Crippen molar-refractivity contribution in [3.63, 3.8) is 0 Å². The zero-order valence-electron chi connectivity index (χ0n) is 10.1. The predicted octanol–water partition coefficient (Wildman–Crippen LogP) is 3.57. The molecule has 0 spiro atoms. The van der Waals surface area contributed by atoms with Crippen LogP contribution < -0.4 is 0 Å². The summed E-state index contributed by atoms with van der Waals surface area (Å²) >= 11 is 3.18. The van der Waals surface area contributed by atoms with Crippen molar-refractivity contribution in [1.82, 2.24) is 19.2 Å². The fraction of sp³-hybridized carbons (Fsp3) is 0.250. The van der Waals surface area contributed by atoms with Gasteiger partial charge >= 0.3 is 0 Å². The maximum Gasteiger partial charge on any atom is 0.173 e. The molecule has 0 saturated carbocycles. The lowest BCUT2D eigenvalue weighted by Gasteiger charge is -1.96. The van der Waals surface area contributed by atoms with Crippen LogP contribution in [0.15, 0.2) is 34.9 Å². The van der Waals surface area contributed by atoms with Crippen molar-refractivity contribution in [2.75, 3.05) is 0 Å². The second-order valence-electron chi connectivity index (χ2n) is 4.20. The number of rotatable bonds is 3. The van der Waals surface area contributed by atoms with E-state index in [9.17, 15) is 0 Å². The molecule has 0 aliphatic rings. The third-order valence-corrected chi connectivity index (χ3v) is 4.37. The Hall–Kier alpha value is -1.40. The van der Waals surface area contributed by atoms with E-state index in [0.29, 0.717) is 5.92 Å². The van der Waals surface area contributed by atoms with Crippen molar-refractivity contribution in [2.24, 2.45) is 0 Å². The molecule has 3 aromatic rings. The van der Waals surface area contributed by atoms with E-state index < -0.39 is 0 Å². The molecule has 2 heterocycles. The van der Waals surface area contributed by atoms with Crippen molar-refractivity contribution >= 4 is 33.5 Å². The quantitative estimate of drug-likeness (QED) is 0.733. The Morgan fingerprint density at radius 3 is 2.83 bits per heavy atom. The van der Waals surface area contributed by atoms with E-state index in [1.54, 1.807) is 21.8 Å². The summed E-state index contributed by atoms with van der Waals surface area (Å²) in [7, 11) is 0. The summed E-state index contributed by atoms with van der Waals surface area (Å²) in [6.07, 6.45) is 1.74. The second kappa shape index (κ2) is 4.70. The highest BCUT2D eigenvalue weighted by Gasteiger charge is 2.09. The maximum absolute atomic E-state index is 4.55. The second-order valence-corrected chi connectivity index (χ2v) is 6.43. The predicted molar refractivity (Wildman–Crippen MR) is 75.0 cm³/mol. The Morgan fingerprint density at radius 1 is 1.28 bits per heavy atom. The van der Waals surface area contributed by atoms with E-state index >= 15 is 0 Å². The average molecular weight is 276 g/mol. The van der Waals surface area contributed by atoms with E-state index in [0.717, 1.165) is 15.7 Å². The molecule has 0 amide bonds. The minimum atomic E-state index is 0.349. The fourth-order valence-corrected chi connectivity index (χ4v) is 3.40. The molecule has 0 N–H and O–H groups in total. The molecule has 6 heteroatoms. The summed E-state index contributed by atoms with van der Waals surface area (Å²) in [6, 6.07) is 8.14. The molecule has 0 saturated heterocycles. The van der Waals surface area contributed by atoms with Crippen molar-refractivity contribution in [3.8, 4) is 0 Å². The molecule has 0 aliphatic heterocycles. The molecule has 18 heavy (non-hydrogen) atoms. The van der Waals surface area contributed by atoms with Crippen LogP contribution in [-0.2, 0) is 0 Å². The van der Waals surface area contributed by atoms with Crippen LogP contribution in [0.2, 0.25) is 0 Å². The topological polar surface area (TPSA) is 43.6 Å². The van der Waals surface area contributed by atoms with Gasteiger partial charge in [0.25, 0.3) is 0 Å². The monoisotopic (exact) mass is 276 g/mol. The van der Waals surface area contributed by atoms with Crippen molar-refractivity contribution in [1.29, 1.82) is 0 Å². The highest BCUT2D eigenvalue weighted by atomic mass is 32.2. The van der Waals surface area contributed by atoms with Gasteiger partial charge in [-0.25, -0.2) is 9.97 Å². The van der Waals surface area contributed by atoms with Crippen LogP contribution in [-0.4, -0.2) is 19.2 Å². The minimum Gasteiger partial charge on any atom is -0.228 e. The van der Waals surface area contributed by atoms with Gasteiger partial charge in [0.05, 0.1) is 10.2 Å². The highest BCUT2D eigenvalue weighted by Crippen LogP contribution is 2.29. The van der Waals surface area contributed by atoms with Gasteiger partial charge in [-0.2, -0.15) is 4.09 Å². The summed E-state index contributed by atoms with van der Waals surface area (Å²) in [5.74, 6) is 1.21. The van der Waals surface area contributed by atoms with E-state index in [1.165, 1.54) is 16.6 Å². The molecular weight excluding hydrogens is 264 g/mol. The fourth-order valence-electron chi connectivity index (χ4n) is 1.54. The molecule has 0 aliphatic carbocycles. The normalized spacial score (nSPS) is 11.5. The van der Waals surface area contributed by atoms with Crippen molar-refractivity contribution in [2.45, 2.75) is 24.1 Å². The first-order valence-corrected chi connectivity index (χ1v) is 7.27. The molecule has 0 radical (unpaired) electrons. The summed E-state index contributed by atoms with van der Waals surface area (Å²) in [5.41, 5.74) is 1.04. The molecule has 0 unspecified atom stereocenters. The largest absolute Gasteiger partial charge is 0.228 e. The first-order valence-electron chi connectivity index (χ1n) is 5.68. The summed E-state index contributed by atoms with van der Waals surface area (Å²) in [5, 5.41) is 4.41. The molecule has 2 aromatic heterocycles.